The second-order valence-electron chi connectivity index (χ2n) is 5.72. The first-order valence-corrected chi connectivity index (χ1v) is 7.61. The molecule has 0 spiro atoms. The fourth-order valence-corrected chi connectivity index (χ4v) is 2.96. The van der Waals surface area contributed by atoms with Gasteiger partial charge in [-0.2, -0.15) is 0 Å². The maximum atomic E-state index is 12.7. The topological polar surface area (TPSA) is 80.4 Å². The Kier molecular flexibility index (Phi) is 4.16. The third-order valence-corrected chi connectivity index (χ3v) is 4.16. The highest BCUT2D eigenvalue weighted by molar-refractivity contribution is 5.98. The van der Waals surface area contributed by atoms with Gasteiger partial charge in [-0.25, -0.2) is 0 Å². The van der Waals surface area contributed by atoms with E-state index in [0.29, 0.717) is 18.5 Å². The van der Waals surface area contributed by atoms with E-state index in [2.05, 4.69) is 5.32 Å². The highest BCUT2D eigenvalue weighted by Crippen LogP contribution is 2.20. The molecule has 0 unspecified atom stereocenters. The molecule has 2 heterocycles. The summed E-state index contributed by atoms with van der Waals surface area (Å²) in [6, 6.07) is 10.6. The maximum Gasteiger partial charge on any atom is 0.254 e. The number of hydrogen-bond donors (Lipinski definition) is 2. The van der Waals surface area contributed by atoms with Crippen LogP contribution in [0.25, 0.3) is 5.69 Å². The summed E-state index contributed by atoms with van der Waals surface area (Å²) in [4.78, 5) is 26.2. The number of nitrogens with one attached hydrogen (secondary N) is 1. The van der Waals surface area contributed by atoms with Crippen molar-refractivity contribution in [3.63, 3.8) is 0 Å². The van der Waals surface area contributed by atoms with E-state index in [1.165, 1.54) is 0 Å². The van der Waals surface area contributed by atoms with Crippen molar-refractivity contribution < 1.29 is 9.59 Å². The molecule has 6 heteroatoms. The van der Waals surface area contributed by atoms with Gasteiger partial charge in [-0.3, -0.25) is 9.59 Å². The predicted molar refractivity (Wildman–Crippen MR) is 87.3 cm³/mol. The van der Waals surface area contributed by atoms with Crippen molar-refractivity contribution in [2.75, 3.05) is 13.6 Å². The van der Waals surface area contributed by atoms with Gasteiger partial charge in [0.15, 0.2) is 0 Å². The molecule has 1 saturated heterocycles. The van der Waals surface area contributed by atoms with E-state index in [4.69, 9.17) is 5.73 Å². The summed E-state index contributed by atoms with van der Waals surface area (Å²) in [5.74, 6) is -0.333. The smallest absolute Gasteiger partial charge is 0.254 e. The number of benzene rings is 1. The van der Waals surface area contributed by atoms with Gasteiger partial charge in [0.05, 0.1) is 0 Å². The number of nitrogens with two attached hydrogens (primary N) is 1. The first-order chi connectivity index (χ1) is 11.1. The molecular weight excluding hydrogens is 292 g/mol. The van der Waals surface area contributed by atoms with Gasteiger partial charge in [0.25, 0.3) is 5.91 Å². The number of hydrogen-bond acceptors (Lipinski definition) is 3. The number of nitrogens with zero attached hydrogens (tertiary/aromatic N) is 2. The molecule has 2 atom stereocenters. The lowest BCUT2D eigenvalue weighted by Gasteiger charge is -2.23. The average molecular weight is 312 g/mol. The number of aromatic nitrogens is 1. The Labute approximate surface area is 134 Å². The molecule has 0 aliphatic carbocycles. The van der Waals surface area contributed by atoms with Crippen molar-refractivity contribution >= 4 is 11.8 Å². The van der Waals surface area contributed by atoms with E-state index in [9.17, 15) is 9.59 Å². The first kappa shape index (κ1) is 15.3. The molecule has 3 N–H and O–H groups in total. The lowest BCUT2D eigenvalue weighted by molar-refractivity contribution is -0.124. The van der Waals surface area contributed by atoms with Crippen molar-refractivity contribution in [2.24, 2.45) is 5.73 Å². The van der Waals surface area contributed by atoms with Crippen LogP contribution in [0, 0.1) is 0 Å². The van der Waals surface area contributed by atoms with Crippen LogP contribution in [0.2, 0.25) is 0 Å². The minimum atomic E-state index is -0.494. The van der Waals surface area contributed by atoms with Crippen molar-refractivity contribution in [1.82, 2.24) is 14.8 Å². The number of amides is 2. The van der Waals surface area contributed by atoms with Crippen LogP contribution in [0.1, 0.15) is 16.8 Å². The number of carbonyl (C=O) groups is 2. The van der Waals surface area contributed by atoms with Crippen LogP contribution in [-0.2, 0) is 4.79 Å². The quantitative estimate of drug-likeness (QED) is 0.878. The van der Waals surface area contributed by atoms with Gasteiger partial charge < -0.3 is 20.5 Å². The summed E-state index contributed by atoms with van der Waals surface area (Å²) in [6.45, 7) is 0.399. The molecule has 1 aromatic heterocycles. The average Bonchev–Trinajstić information content (AvgIpc) is 3.23. The van der Waals surface area contributed by atoms with Crippen molar-refractivity contribution in [3.8, 4) is 5.69 Å². The van der Waals surface area contributed by atoms with Gasteiger partial charge in [0.1, 0.15) is 6.04 Å². The molecule has 1 aliphatic rings. The monoisotopic (exact) mass is 312 g/mol. The third-order valence-electron chi connectivity index (χ3n) is 4.16. The molecule has 0 radical (unpaired) electrons. The maximum absolute atomic E-state index is 12.7. The molecule has 1 fully saturated rings. The van der Waals surface area contributed by atoms with Crippen LogP contribution < -0.4 is 11.1 Å². The molecule has 1 aliphatic heterocycles. The summed E-state index contributed by atoms with van der Waals surface area (Å²) < 4.78 is 1.97. The van der Waals surface area contributed by atoms with Crippen LogP contribution in [0.3, 0.4) is 0 Å². The molecule has 0 saturated carbocycles. The minimum absolute atomic E-state index is 0.161. The minimum Gasteiger partial charge on any atom is -0.357 e. The zero-order valence-electron chi connectivity index (χ0n) is 13.0. The van der Waals surface area contributed by atoms with Gasteiger partial charge in [0.2, 0.25) is 5.91 Å². The van der Waals surface area contributed by atoms with Crippen LogP contribution in [0.15, 0.2) is 48.8 Å². The van der Waals surface area contributed by atoms with Crippen LogP contribution >= 0.6 is 0 Å². The molecule has 2 amide bonds. The Morgan fingerprint density at radius 2 is 1.83 bits per heavy atom. The van der Waals surface area contributed by atoms with Gasteiger partial charge in [-0.1, -0.05) is 0 Å². The largest absolute Gasteiger partial charge is 0.357 e. The summed E-state index contributed by atoms with van der Waals surface area (Å²) >= 11 is 0. The summed E-state index contributed by atoms with van der Waals surface area (Å²) in [5, 5.41) is 2.60. The number of likely N-dealkylation sites (tertiary alicyclic amines) is 1. The SMILES string of the molecule is CNC(=O)[C@@H]1C[C@H](N)CN1C(=O)c1ccc(-n2cccc2)cc1. The molecule has 2 aromatic rings. The van der Waals surface area contributed by atoms with Crippen molar-refractivity contribution in [1.29, 1.82) is 0 Å². The molecule has 1 aromatic carbocycles. The van der Waals surface area contributed by atoms with Crippen LogP contribution in [-0.4, -0.2) is 47.0 Å². The number of likely N-dealkylation sites (N-methyl/N-ethyl adjacent to an activating group) is 1. The fourth-order valence-electron chi connectivity index (χ4n) is 2.96. The molecule has 120 valence electrons. The Hall–Kier alpha value is -2.60. The van der Waals surface area contributed by atoms with E-state index >= 15 is 0 Å². The zero-order valence-corrected chi connectivity index (χ0v) is 13.0. The molecule has 6 nitrogen and oxygen atoms in total. The van der Waals surface area contributed by atoms with E-state index in [0.717, 1.165) is 5.69 Å². The molecule has 23 heavy (non-hydrogen) atoms. The highest BCUT2D eigenvalue weighted by Gasteiger charge is 2.37. The van der Waals surface area contributed by atoms with Crippen molar-refractivity contribution in [2.45, 2.75) is 18.5 Å². The normalized spacial score (nSPS) is 20.5. The Morgan fingerprint density at radius 1 is 1.17 bits per heavy atom. The van der Waals surface area contributed by atoms with Crippen LogP contribution in [0.4, 0.5) is 0 Å². The molecular formula is C17H20N4O2. The van der Waals surface area contributed by atoms with Gasteiger partial charge in [0, 0.05) is 43.3 Å². The van der Waals surface area contributed by atoms with Crippen molar-refractivity contribution in [3.05, 3.63) is 54.4 Å². The van der Waals surface area contributed by atoms with E-state index in [1.807, 2.05) is 41.2 Å². The van der Waals surface area contributed by atoms with Gasteiger partial charge in [-0.05, 0) is 42.8 Å². The Morgan fingerprint density at radius 3 is 2.43 bits per heavy atom. The van der Waals surface area contributed by atoms with E-state index in [-0.39, 0.29) is 17.9 Å². The third kappa shape index (κ3) is 2.98. The summed E-state index contributed by atoms with van der Waals surface area (Å²) in [7, 11) is 1.57. The first-order valence-electron chi connectivity index (χ1n) is 7.61. The number of rotatable bonds is 3. The highest BCUT2D eigenvalue weighted by atomic mass is 16.2. The Balaban J connectivity index is 1.80. The zero-order chi connectivity index (χ0) is 16.4. The van der Waals surface area contributed by atoms with Crippen LogP contribution in [0.5, 0.6) is 0 Å². The fraction of sp³-hybridized carbons (Fsp3) is 0.294. The van der Waals surface area contributed by atoms with E-state index in [1.54, 1.807) is 24.1 Å². The Bertz CT molecular complexity index is 694. The number of carbonyl (C=O) groups excluding carboxylic acids is 2. The second kappa shape index (κ2) is 6.26. The predicted octanol–water partition coefficient (Wildman–Crippen LogP) is 0.765. The standard InChI is InChI=1S/C17H20N4O2/c1-19-16(22)15-10-13(18)11-21(15)17(23)12-4-6-14(7-5-12)20-8-2-3-9-20/h2-9,13,15H,10-11,18H2,1H3,(H,19,22)/t13-,15-/m0/s1. The summed E-state index contributed by atoms with van der Waals surface area (Å²) in [5.41, 5.74) is 7.47. The lowest BCUT2D eigenvalue weighted by Crippen LogP contribution is -2.45. The van der Waals surface area contributed by atoms with Gasteiger partial charge >= 0.3 is 0 Å². The van der Waals surface area contributed by atoms with E-state index < -0.39 is 6.04 Å². The molecule has 3 rings (SSSR count). The summed E-state index contributed by atoms with van der Waals surface area (Å²) in [6.07, 6.45) is 4.38. The second-order valence-corrected chi connectivity index (χ2v) is 5.72. The van der Waals surface area contributed by atoms with Gasteiger partial charge in [-0.15, -0.1) is 0 Å². The molecule has 0 bridgehead atoms. The lowest BCUT2D eigenvalue weighted by atomic mass is 10.1.